The second-order valence-corrected chi connectivity index (χ2v) is 5.20. The molecule has 1 unspecified atom stereocenters. The van der Waals surface area contributed by atoms with E-state index in [1.54, 1.807) is 29.2 Å². The number of likely N-dealkylation sites (tertiary alicyclic amines) is 1. The molecule has 1 aliphatic rings. The number of nitrogens with two attached hydrogens (primary N) is 1. The van der Waals surface area contributed by atoms with Crippen molar-refractivity contribution >= 4 is 18.3 Å². The van der Waals surface area contributed by atoms with Gasteiger partial charge in [0.25, 0.3) is 5.91 Å². The van der Waals surface area contributed by atoms with Crippen LogP contribution in [0.15, 0.2) is 40.8 Å². The third kappa shape index (κ3) is 3.15. The van der Waals surface area contributed by atoms with Gasteiger partial charge in [-0.15, -0.1) is 12.4 Å². The van der Waals surface area contributed by atoms with Gasteiger partial charge in [-0.1, -0.05) is 0 Å². The first-order valence-electron chi connectivity index (χ1n) is 7.06. The van der Waals surface area contributed by atoms with E-state index in [9.17, 15) is 9.18 Å². The number of halogens is 2. The van der Waals surface area contributed by atoms with Crippen LogP contribution in [-0.2, 0) is 0 Å². The zero-order valence-electron chi connectivity index (χ0n) is 12.0. The predicted molar refractivity (Wildman–Crippen MR) is 84.5 cm³/mol. The van der Waals surface area contributed by atoms with E-state index in [-0.39, 0.29) is 30.2 Å². The molecule has 0 bridgehead atoms. The Balaban J connectivity index is 0.00000176. The number of furan rings is 1. The molecule has 1 fully saturated rings. The van der Waals surface area contributed by atoms with Crippen LogP contribution < -0.4 is 5.73 Å². The molecular weight excluding hydrogens is 307 g/mol. The Kier molecular flexibility index (Phi) is 5.21. The summed E-state index contributed by atoms with van der Waals surface area (Å²) in [6.07, 6.45) is 1.91. The van der Waals surface area contributed by atoms with Gasteiger partial charge in [0.1, 0.15) is 11.6 Å². The van der Waals surface area contributed by atoms with Gasteiger partial charge < -0.3 is 15.1 Å². The number of nitrogens with zero attached hydrogens (tertiary/aromatic N) is 1. The van der Waals surface area contributed by atoms with Crippen molar-refractivity contribution in [2.75, 3.05) is 13.1 Å². The summed E-state index contributed by atoms with van der Waals surface area (Å²) in [5, 5.41) is 0. The average molecular weight is 325 g/mol. The summed E-state index contributed by atoms with van der Waals surface area (Å²) in [6.45, 7) is 1.19. The molecule has 1 aromatic carbocycles. The molecule has 2 N–H and O–H groups in total. The maximum Gasteiger partial charge on any atom is 0.289 e. The van der Waals surface area contributed by atoms with Gasteiger partial charge in [0, 0.05) is 24.7 Å². The Bertz CT molecular complexity index is 642. The lowest BCUT2D eigenvalue weighted by atomic mass is 10.2. The average Bonchev–Trinajstić information content (AvgIpc) is 3.16. The van der Waals surface area contributed by atoms with Crippen molar-refractivity contribution in [1.82, 2.24) is 4.90 Å². The van der Waals surface area contributed by atoms with Gasteiger partial charge in [0.15, 0.2) is 5.76 Å². The van der Waals surface area contributed by atoms with E-state index >= 15 is 0 Å². The highest BCUT2D eigenvalue weighted by molar-refractivity contribution is 5.92. The quantitative estimate of drug-likeness (QED) is 0.944. The Morgan fingerprint density at radius 2 is 2.00 bits per heavy atom. The van der Waals surface area contributed by atoms with E-state index in [0.717, 1.165) is 18.4 Å². The molecule has 0 spiro atoms. The summed E-state index contributed by atoms with van der Waals surface area (Å²) in [5.74, 6) is 0.428. The smallest absolute Gasteiger partial charge is 0.289 e. The maximum atomic E-state index is 12.9. The highest BCUT2D eigenvalue weighted by atomic mass is 35.5. The van der Waals surface area contributed by atoms with Gasteiger partial charge in [-0.25, -0.2) is 4.39 Å². The summed E-state index contributed by atoms with van der Waals surface area (Å²) in [5.41, 5.74) is 6.43. The molecule has 1 aliphatic heterocycles. The molecule has 2 aromatic rings. The van der Waals surface area contributed by atoms with Crippen LogP contribution in [0, 0.1) is 5.82 Å². The summed E-state index contributed by atoms with van der Waals surface area (Å²) in [4.78, 5) is 14.2. The standard InChI is InChI=1S/C16H17FN2O2.ClH/c17-12-5-3-11(4-6-12)14-7-8-15(21-14)16(20)19-9-1-2-13(19)10-18;/h3-8,13H,1-2,9-10,18H2;1H. The van der Waals surface area contributed by atoms with E-state index in [0.29, 0.717) is 24.6 Å². The van der Waals surface area contributed by atoms with Crippen molar-refractivity contribution in [3.05, 3.63) is 48.0 Å². The molecule has 0 aliphatic carbocycles. The third-order valence-electron chi connectivity index (χ3n) is 3.86. The van der Waals surface area contributed by atoms with Crippen molar-refractivity contribution in [1.29, 1.82) is 0 Å². The Morgan fingerprint density at radius 3 is 2.68 bits per heavy atom. The normalized spacial score (nSPS) is 17.4. The molecule has 3 rings (SSSR count). The van der Waals surface area contributed by atoms with Crippen molar-refractivity contribution < 1.29 is 13.6 Å². The SMILES string of the molecule is Cl.NCC1CCCN1C(=O)c1ccc(-c2ccc(F)cc2)o1. The van der Waals surface area contributed by atoms with Crippen LogP contribution in [-0.4, -0.2) is 29.9 Å². The minimum Gasteiger partial charge on any atom is -0.451 e. The second-order valence-electron chi connectivity index (χ2n) is 5.20. The largest absolute Gasteiger partial charge is 0.451 e. The first-order valence-corrected chi connectivity index (χ1v) is 7.06. The van der Waals surface area contributed by atoms with E-state index in [4.69, 9.17) is 10.2 Å². The molecule has 4 nitrogen and oxygen atoms in total. The molecule has 22 heavy (non-hydrogen) atoms. The van der Waals surface area contributed by atoms with Crippen LogP contribution in [0.5, 0.6) is 0 Å². The van der Waals surface area contributed by atoms with Crippen molar-refractivity contribution in [2.24, 2.45) is 5.73 Å². The first-order chi connectivity index (χ1) is 10.2. The monoisotopic (exact) mass is 324 g/mol. The number of hydrogen-bond acceptors (Lipinski definition) is 3. The molecule has 1 amide bonds. The number of benzene rings is 1. The molecule has 1 saturated heterocycles. The van der Waals surface area contributed by atoms with Crippen molar-refractivity contribution in [2.45, 2.75) is 18.9 Å². The van der Waals surface area contributed by atoms with E-state index < -0.39 is 0 Å². The highest BCUT2D eigenvalue weighted by Gasteiger charge is 2.30. The van der Waals surface area contributed by atoms with E-state index in [1.807, 2.05) is 0 Å². The zero-order chi connectivity index (χ0) is 14.8. The summed E-state index contributed by atoms with van der Waals surface area (Å²) in [6, 6.07) is 9.47. The molecule has 1 atom stereocenters. The fourth-order valence-electron chi connectivity index (χ4n) is 2.71. The zero-order valence-corrected chi connectivity index (χ0v) is 12.8. The number of carbonyl (C=O) groups excluding carboxylic acids is 1. The molecular formula is C16H18ClFN2O2. The minimum absolute atomic E-state index is 0. The van der Waals surface area contributed by atoms with Crippen molar-refractivity contribution in [3.63, 3.8) is 0 Å². The number of hydrogen-bond donors (Lipinski definition) is 1. The highest BCUT2D eigenvalue weighted by Crippen LogP contribution is 2.25. The van der Waals surface area contributed by atoms with E-state index in [2.05, 4.69) is 0 Å². The maximum absolute atomic E-state index is 12.9. The van der Waals surface area contributed by atoms with Gasteiger partial charge in [0.05, 0.1) is 0 Å². The number of amides is 1. The molecule has 2 heterocycles. The fraction of sp³-hybridized carbons (Fsp3) is 0.312. The van der Waals surface area contributed by atoms with Gasteiger partial charge in [0.2, 0.25) is 0 Å². The van der Waals surface area contributed by atoms with Crippen LogP contribution >= 0.6 is 12.4 Å². The summed E-state index contributed by atoms with van der Waals surface area (Å²) < 4.78 is 18.5. The lowest BCUT2D eigenvalue weighted by molar-refractivity contribution is 0.0710. The van der Waals surface area contributed by atoms with Gasteiger partial charge in [-0.3, -0.25) is 4.79 Å². The van der Waals surface area contributed by atoms with Crippen LogP contribution in [0.3, 0.4) is 0 Å². The lowest BCUT2D eigenvalue weighted by Gasteiger charge is -2.22. The first kappa shape index (κ1) is 16.5. The summed E-state index contributed by atoms with van der Waals surface area (Å²) >= 11 is 0. The van der Waals surface area contributed by atoms with Crippen LogP contribution in [0.25, 0.3) is 11.3 Å². The molecule has 0 radical (unpaired) electrons. The Morgan fingerprint density at radius 1 is 1.27 bits per heavy atom. The van der Waals surface area contributed by atoms with Gasteiger partial charge in [-0.05, 0) is 49.2 Å². The Hall–Kier alpha value is -1.85. The third-order valence-corrected chi connectivity index (χ3v) is 3.86. The molecule has 118 valence electrons. The number of rotatable bonds is 3. The van der Waals surface area contributed by atoms with Crippen molar-refractivity contribution in [3.8, 4) is 11.3 Å². The fourth-order valence-corrected chi connectivity index (χ4v) is 2.71. The number of carbonyl (C=O) groups is 1. The van der Waals surface area contributed by atoms with Crippen LogP contribution in [0.4, 0.5) is 4.39 Å². The topological polar surface area (TPSA) is 59.5 Å². The van der Waals surface area contributed by atoms with E-state index in [1.165, 1.54) is 12.1 Å². The summed E-state index contributed by atoms with van der Waals surface area (Å²) in [7, 11) is 0. The predicted octanol–water partition coefficient (Wildman–Crippen LogP) is 3.07. The lowest BCUT2D eigenvalue weighted by Crippen LogP contribution is -2.39. The second kappa shape index (κ2) is 6.94. The molecule has 6 heteroatoms. The molecule has 1 aromatic heterocycles. The van der Waals surface area contributed by atoms with Gasteiger partial charge >= 0.3 is 0 Å². The van der Waals surface area contributed by atoms with Gasteiger partial charge in [-0.2, -0.15) is 0 Å². The van der Waals surface area contributed by atoms with Crippen LogP contribution in [0.1, 0.15) is 23.4 Å². The minimum atomic E-state index is -0.301. The van der Waals surface area contributed by atoms with Crippen LogP contribution in [0.2, 0.25) is 0 Å². The molecule has 0 saturated carbocycles. The Labute approximate surface area is 134 Å².